The lowest BCUT2D eigenvalue weighted by atomic mass is 10.1. The molecule has 0 saturated carbocycles. The van der Waals surface area contributed by atoms with Gasteiger partial charge in [-0.3, -0.25) is 14.7 Å². The van der Waals surface area contributed by atoms with E-state index in [0.717, 1.165) is 29.8 Å². The molecule has 0 fully saturated rings. The number of aromatic amines is 1. The van der Waals surface area contributed by atoms with Gasteiger partial charge in [-0.05, 0) is 17.7 Å². The van der Waals surface area contributed by atoms with Crippen LogP contribution in [-0.2, 0) is 24.3 Å². The van der Waals surface area contributed by atoms with Gasteiger partial charge in [0.1, 0.15) is 5.75 Å². The summed E-state index contributed by atoms with van der Waals surface area (Å²) in [4.78, 5) is 25.5. The Bertz CT molecular complexity index is 800. The van der Waals surface area contributed by atoms with Crippen molar-refractivity contribution < 1.29 is 14.3 Å². The highest BCUT2D eigenvalue weighted by molar-refractivity contribution is 5.94. The molecule has 1 aliphatic rings. The fraction of sp³-hybridized carbons (Fsp3) is 0.389. The normalized spacial score (nSPS) is 13.0. The molecule has 0 unspecified atom stereocenters. The second-order valence-corrected chi connectivity index (χ2v) is 6.36. The predicted molar refractivity (Wildman–Crippen MR) is 95.8 cm³/mol. The van der Waals surface area contributed by atoms with Crippen LogP contribution in [0.5, 0.6) is 5.75 Å². The first-order valence-electron chi connectivity index (χ1n) is 8.51. The number of amides is 2. The van der Waals surface area contributed by atoms with Gasteiger partial charge in [-0.25, -0.2) is 0 Å². The van der Waals surface area contributed by atoms with E-state index in [1.54, 1.807) is 20.2 Å². The van der Waals surface area contributed by atoms with Crippen LogP contribution in [0.2, 0.25) is 0 Å². The van der Waals surface area contributed by atoms with Gasteiger partial charge >= 0.3 is 0 Å². The van der Waals surface area contributed by atoms with Gasteiger partial charge in [0, 0.05) is 51.4 Å². The quantitative estimate of drug-likeness (QED) is 0.697. The molecular weight excluding hydrogens is 334 g/mol. The van der Waals surface area contributed by atoms with Crippen LogP contribution in [0.15, 0.2) is 24.3 Å². The molecule has 0 aliphatic carbocycles. The van der Waals surface area contributed by atoms with Crippen molar-refractivity contribution in [3.8, 4) is 5.75 Å². The van der Waals surface area contributed by atoms with Crippen LogP contribution >= 0.6 is 0 Å². The molecule has 3 N–H and O–H groups in total. The molecule has 8 heteroatoms. The lowest BCUT2D eigenvalue weighted by Gasteiger charge is -2.13. The standard InChI is InChI=1S/C18H23N5O3/c1-23(2)16(24)11-26-13-5-3-4-12(8-13)9-20-18(25)17-14-10-19-7-6-15(14)21-22-17/h3-5,8,19H,6-7,9-11H2,1-2H3,(H,20,25)(H,21,22). The first kappa shape index (κ1) is 17.9. The highest BCUT2D eigenvalue weighted by atomic mass is 16.5. The van der Waals surface area contributed by atoms with Crippen molar-refractivity contribution in [1.82, 2.24) is 25.7 Å². The summed E-state index contributed by atoms with van der Waals surface area (Å²) in [7, 11) is 3.36. The average Bonchev–Trinajstić information content (AvgIpc) is 3.08. The van der Waals surface area contributed by atoms with Crippen molar-refractivity contribution in [3.63, 3.8) is 0 Å². The Hall–Kier alpha value is -2.87. The van der Waals surface area contributed by atoms with E-state index in [0.29, 0.717) is 24.5 Å². The molecule has 2 amide bonds. The number of hydrogen-bond donors (Lipinski definition) is 3. The molecule has 2 heterocycles. The maximum Gasteiger partial charge on any atom is 0.272 e. The Morgan fingerprint density at radius 1 is 1.35 bits per heavy atom. The van der Waals surface area contributed by atoms with Gasteiger partial charge in [0.05, 0.1) is 0 Å². The molecule has 0 atom stereocenters. The first-order valence-corrected chi connectivity index (χ1v) is 8.51. The summed E-state index contributed by atoms with van der Waals surface area (Å²) in [6, 6.07) is 7.31. The molecule has 3 rings (SSSR count). The Morgan fingerprint density at radius 3 is 3.00 bits per heavy atom. The zero-order valence-electron chi connectivity index (χ0n) is 15.0. The summed E-state index contributed by atoms with van der Waals surface area (Å²) >= 11 is 0. The third-order valence-corrected chi connectivity index (χ3v) is 4.23. The average molecular weight is 357 g/mol. The molecule has 0 spiro atoms. The molecule has 0 radical (unpaired) electrons. The smallest absolute Gasteiger partial charge is 0.272 e. The topological polar surface area (TPSA) is 99.3 Å². The number of benzene rings is 1. The zero-order valence-corrected chi connectivity index (χ0v) is 15.0. The fourth-order valence-electron chi connectivity index (χ4n) is 2.70. The highest BCUT2D eigenvalue weighted by Crippen LogP contribution is 2.16. The summed E-state index contributed by atoms with van der Waals surface area (Å²) in [6.45, 7) is 1.87. The first-order chi connectivity index (χ1) is 12.5. The molecule has 1 aromatic carbocycles. The van der Waals surface area contributed by atoms with Crippen LogP contribution in [0.1, 0.15) is 27.3 Å². The summed E-state index contributed by atoms with van der Waals surface area (Å²) in [5.41, 5.74) is 3.29. The number of fused-ring (bicyclic) bond motifs is 1. The summed E-state index contributed by atoms with van der Waals surface area (Å²) in [6.07, 6.45) is 0.848. The molecule has 1 aliphatic heterocycles. The van der Waals surface area contributed by atoms with Crippen molar-refractivity contribution in [1.29, 1.82) is 0 Å². The Kier molecular flexibility index (Phi) is 5.52. The van der Waals surface area contributed by atoms with Crippen LogP contribution in [0.25, 0.3) is 0 Å². The number of carbonyl (C=O) groups excluding carboxylic acids is 2. The van der Waals surface area contributed by atoms with Crippen LogP contribution in [-0.4, -0.2) is 54.2 Å². The molecule has 2 aromatic rings. The summed E-state index contributed by atoms with van der Waals surface area (Å²) in [5, 5.41) is 13.2. The van der Waals surface area contributed by atoms with E-state index in [2.05, 4.69) is 20.8 Å². The van der Waals surface area contributed by atoms with E-state index in [9.17, 15) is 9.59 Å². The van der Waals surface area contributed by atoms with E-state index in [1.807, 2.05) is 18.2 Å². The Morgan fingerprint density at radius 2 is 2.19 bits per heavy atom. The molecule has 26 heavy (non-hydrogen) atoms. The van der Waals surface area contributed by atoms with Gasteiger partial charge in [0.15, 0.2) is 12.3 Å². The monoisotopic (exact) mass is 357 g/mol. The van der Waals surface area contributed by atoms with Gasteiger partial charge in [-0.2, -0.15) is 5.10 Å². The number of H-pyrrole nitrogens is 1. The summed E-state index contributed by atoms with van der Waals surface area (Å²) < 4.78 is 5.49. The zero-order chi connectivity index (χ0) is 18.5. The molecule has 0 saturated heterocycles. The number of nitrogens with one attached hydrogen (secondary N) is 3. The van der Waals surface area contributed by atoms with Crippen molar-refractivity contribution >= 4 is 11.8 Å². The third-order valence-electron chi connectivity index (χ3n) is 4.23. The second kappa shape index (κ2) is 8.01. The molecule has 0 bridgehead atoms. The van der Waals surface area contributed by atoms with Crippen molar-refractivity contribution in [3.05, 3.63) is 46.8 Å². The largest absolute Gasteiger partial charge is 0.484 e. The maximum atomic E-state index is 12.4. The fourth-order valence-corrected chi connectivity index (χ4v) is 2.70. The Labute approximate surface area is 151 Å². The van der Waals surface area contributed by atoms with Crippen LogP contribution in [0.4, 0.5) is 0 Å². The molecule has 138 valence electrons. The number of hydrogen-bond acceptors (Lipinski definition) is 5. The minimum atomic E-state index is -0.208. The maximum absolute atomic E-state index is 12.4. The van der Waals surface area contributed by atoms with Gasteiger partial charge in [0.25, 0.3) is 11.8 Å². The van der Waals surface area contributed by atoms with Gasteiger partial charge in [-0.15, -0.1) is 0 Å². The number of carbonyl (C=O) groups is 2. The van der Waals surface area contributed by atoms with E-state index >= 15 is 0 Å². The van der Waals surface area contributed by atoms with Gasteiger partial charge < -0.3 is 20.3 Å². The van der Waals surface area contributed by atoms with Crippen LogP contribution in [0.3, 0.4) is 0 Å². The number of ether oxygens (including phenoxy) is 1. The predicted octanol–water partition coefficient (Wildman–Crippen LogP) is 0.452. The van der Waals surface area contributed by atoms with Crippen LogP contribution in [0, 0.1) is 0 Å². The third kappa shape index (κ3) is 4.20. The Balaban J connectivity index is 1.58. The molecule has 8 nitrogen and oxygen atoms in total. The minimum Gasteiger partial charge on any atom is -0.484 e. The second-order valence-electron chi connectivity index (χ2n) is 6.36. The van der Waals surface area contributed by atoms with E-state index in [1.165, 1.54) is 4.90 Å². The lowest BCUT2D eigenvalue weighted by Crippen LogP contribution is -2.28. The summed E-state index contributed by atoms with van der Waals surface area (Å²) in [5.74, 6) is 0.272. The van der Waals surface area contributed by atoms with E-state index in [4.69, 9.17) is 4.74 Å². The van der Waals surface area contributed by atoms with E-state index in [-0.39, 0.29) is 18.4 Å². The highest BCUT2D eigenvalue weighted by Gasteiger charge is 2.21. The molecular formula is C18H23N5O3. The number of likely N-dealkylation sites (N-methyl/N-ethyl adjacent to an activating group) is 1. The van der Waals surface area contributed by atoms with Crippen LogP contribution < -0.4 is 15.4 Å². The van der Waals surface area contributed by atoms with Crippen molar-refractivity contribution in [2.75, 3.05) is 27.2 Å². The minimum absolute atomic E-state index is 0.0186. The van der Waals surface area contributed by atoms with Crippen molar-refractivity contribution in [2.24, 2.45) is 0 Å². The SMILES string of the molecule is CN(C)C(=O)COc1cccc(CNC(=O)c2n[nH]c3c2CNCC3)c1. The molecule has 1 aromatic heterocycles. The lowest BCUT2D eigenvalue weighted by molar-refractivity contribution is -0.130. The number of nitrogens with zero attached hydrogens (tertiary/aromatic N) is 2. The van der Waals surface area contributed by atoms with Crippen molar-refractivity contribution in [2.45, 2.75) is 19.5 Å². The van der Waals surface area contributed by atoms with Gasteiger partial charge in [0.2, 0.25) is 0 Å². The van der Waals surface area contributed by atoms with Gasteiger partial charge in [-0.1, -0.05) is 12.1 Å². The number of rotatable bonds is 6. The number of aromatic nitrogens is 2. The van der Waals surface area contributed by atoms with E-state index < -0.39 is 0 Å².